The topological polar surface area (TPSA) is 79.5 Å². The van der Waals surface area contributed by atoms with E-state index < -0.39 is 0 Å². The van der Waals surface area contributed by atoms with Crippen LogP contribution in [-0.2, 0) is 9.53 Å². The number of carbonyl (C=O) groups is 2. The minimum atomic E-state index is -0.159. The molecule has 2 atom stereocenters. The summed E-state index contributed by atoms with van der Waals surface area (Å²) in [5.74, 6) is -0.183. The van der Waals surface area contributed by atoms with Crippen LogP contribution >= 0.6 is 12.4 Å². The Bertz CT molecular complexity index is 779. The van der Waals surface area contributed by atoms with Crippen molar-refractivity contribution in [2.75, 3.05) is 25.1 Å². The molecule has 0 spiro atoms. The van der Waals surface area contributed by atoms with E-state index in [4.69, 9.17) is 4.74 Å². The monoisotopic (exact) mass is 403 g/mol. The van der Waals surface area contributed by atoms with Gasteiger partial charge < -0.3 is 20.7 Å². The van der Waals surface area contributed by atoms with Crippen LogP contribution in [0.4, 0.5) is 5.69 Å². The van der Waals surface area contributed by atoms with Gasteiger partial charge in [-0.25, -0.2) is 0 Å². The number of amides is 2. The van der Waals surface area contributed by atoms with Crippen LogP contribution < -0.4 is 16.0 Å². The van der Waals surface area contributed by atoms with Crippen molar-refractivity contribution >= 4 is 29.9 Å². The van der Waals surface area contributed by atoms with E-state index in [0.29, 0.717) is 30.9 Å². The molecule has 6 nitrogen and oxygen atoms in total. The largest absolute Gasteiger partial charge is 0.378 e. The van der Waals surface area contributed by atoms with Crippen LogP contribution in [0.25, 0.3) is 0 Å². The van der Waals surface area contributed by atoms with Gasteiger partial charge in [-0.3, -0.25) is 9.59 Å². The van der Waals surface area contributed by atoms with Crippen LogP contribution in [0.15, 0.2) is 54.6 Å². The summed E-state index contributed by atoms with van der Waals surface area (Å²) >= 11 is 0. The van der Waals surface area contributed by atoms with Crippen LogP contribution in [0, 0.1) is 0 Å². The van der Waals surface area contributed by atoms with Gasteiger partial charge in [-0.2, -0.15) is 0 Å². The molecule has 0 radical (unpaired) electrons. The standard InChI is InChI=1S/C21H25N3O3.ClH/c1-15(23-20(25)13-19-14-27-11-10-22-19)17-8-5-9-18(12-17)24-21(26)16-6-3-2-4-7-16;/h2-9,12,15,19,22H,10-11,13-14H2,1H3,(H,23,25)(H,24,26);1H. The number of benzene rings is 2. The predicted octanol–water partition coefficient (Wildman–Crippen LogP) is 2.92. The lowest BCUT2D eigenvalue weighted by Crippen LogP contribution is -2.44. The molecule has 2 amide bonds. The van der Waals surface area contributed by atoms with Crippen molar-refractivity contribution in [3.63, 3.8) is 0 Å². The molecule has 1 fully saturated rings. The van der Waals surface area contributed by atoms with E-state index >= 15 is 0 Å². The fourth-order valence-electron chi connectivity index (χ4n) is 3.04. The number of ether oxygens (including phenoxy) is 1. The van der Waals surface area contributed by atoms with E-state index in [1.54, 1.807) is 12.1 Å². The van der Waals surface area contributed by atoms with Crippen LogP contribution in [0.5, 0.6) is 0 Å². The first-order valence-electron chi connectivity index (χ1n) is 9.18. The van der Waals surface area contributed by atoms with E-state index in [1.807, 2.05) is 49.4 Å². The van der Waals surface area contributed by atoms with Gasteiger partial charge in [-0.05, 0) is 36.8 Å². The number of carbonyl (C=O) groups excluding carboxylic acids is 2. The molecule has 0 saturated carbocycles. The lowest BCUT2D eigenvalue weighted by atomic mass is 10.1. The molecule has 1 aliphatic heterocycles. The first-order valence-corrected chi connectivity index (χ1v) is 9.18. The highest BCUT2D eigenvalue weighted by molar-refractivity contribution is 6.04. The quantitative estimate of drug-likeness (QED) is 0.692. The summed E-state index contributed by atoms with van der Waals surface area (Å²) in [6, 6.07) is 16.5. The highest BCUT2D eigenvalue weighted by Crippen LogP contribution is 2.18. The molecule has 28 heavy (non-hydrogen) atoms. The highest BCUT2D eigenvalue weighted by Gasteiger charge is 2.18. The second-order valence-corrected chi connectivity index (χ2v) is 6.66. The molecule has 7 heteroatoms. The molecule has 1 heterocycles. The maximum atomic E-state index is 12.3. The van der Waals surface area contributed by atoms with Crippen molar-refractivity contribution in [3.05, 3.63) is 65.7 Å². The fourth-order valence-corrected chi connectivity index (χ4v) is 3.04. The summed E-state index contributed by atoms with van der Waals surface area (Å²) in [6.07, 6.45) is 0.384. The minimum absolute atomic E-state index is 0. The number of anilines is 1. The lowest BCUT2D eigenvalue weighted by molar-refractivity contribution is -0.122. The Hall–Kier alpha value is -2.41. The van der Waals surface area contributed by atoms with Gasteiger partial charge in [0.2, 0.25) is 5.91 Å². The maximum absolute atomic E-state index is 12.3. The molecule has 2 aromatic rings. The summed E-state index contributed by atoms with van der Waals surface area (Å²) in [5.41, 5.74) is 2.23. The van der Waals surface area contributed by atoms with Gasteiger partial charge in [-0.15, -0.1) is 12.4 Å². The predicted molar refractivity (Wildman–Crippen MR) is 112 cm³/mol. The van der Waals surface area contributed by atoms with Crippen molar-refractivity contribution in [3.8, 4) is 0 Å². The van der Waals surface area contributed by atoms with E-state index in [2.05, 4.69) is 16.0 Å². The first kappa shape index (κ1) is 21.9. The van der Waals surface area contributed by atoms with Crippen molar-refractivity contribution in [2.45, 2.75) is 25.4 Å². The van der Waals surface area contributed by atoms with Gasteiger partial charge in [0.15, 0.2) is 0 Å². The molecule has 150 valence electrons. The zero-order valence-corrected chi connectivity index (χ0v) is 16.6. The molecule has 3 rings (SSSR count). The summed E-state index contributed by atoms with van der Waals surface area (Å²) < 4.78 is 5.38. The SMILES string of the molecule is CC(NC(=O)CC1COCCN1)c1cccc(NC(=O)c2ccccc2)c1.Cl. The summed E-state index contributed by atoms with van der Waals surface area (Å²) in [5, 5.41) is 9.18. The van der Waals surface area contributed by atoms with Crippen molar-refractivity contribution < 1.29 is 14.3 Å². The van der Waals surface area contributed by atoms with Gasteiger partial charge in [0.05, 0.1) is 19.3 Å². The molecule has 2 unspecified atom stereocenters. The third kappa shape index (κ3) is 6.34. The summed E-state index contributed by atoms with van der Waals surface area (Å²) in [4.78, 5) is 24.6. The van der Waals surface area contributed by atoms with Gasteiger partial charge in [0, 0.05) is 30.3 Å². The van der Waals surface area contributed by atoms with E-state index in [0.717, 1.165) is 12.1 Å². The average Bonchev–Trinajstić information content (AvgIpc) is 2.69. The van der Waals surface area contributed by atoms with Crippen LogP contribution in [-0.4, -0.2) is 37.6 Å². The second kappa shape index (κ2) is 10.8. The smallest absolute Gasteiger partial charge is 0.255 e. The van der Waals surface area contributed by atoms with Crippen LogP contribution in [0.1, 0.15) is 35.3 Å². The molecule has 0 bridgehead atoms. The highest BCUT2D eigenvalue weighted by atomic mass is 35.5. The Labute approximate surface area is 171 Å². The van der Waals surface area contributed by atoms with Gasteiger partial charge >= 0.3 is 0 Å². The maximum Gasteiger partial charge on any atom is 0.255 e. The molecule has 1 aliphatic rings. The number of halogens is 1. The zero-order chi connectivity index (χ0) is 19.1. The first-order chi connectivity index (χ1) is 13.1. The summed E-state index contributed by atoms with van der Waals surface area (Å²) in [6.45, 7) is 3.95. The number of hydrogen-bond acceptors (Lipinski definition) is 4. The fraction of sp³-hybridized carbons (Fsp3) is 0.333. The lowest BCUT2D eigenvalue weighted by Gasteiger charge is -2.24. The van der Waals surface area contributed by atoms with Gasteiger partial charge in [-0.1, -0.05) is 30.3 Å². The normalized spacial score (nSPS) is 17.1. The van der Waals surface area contributed by atoms with E-state index in [9.17, 15) is 9.59 Å². The number of rotatable bonds is 6. The zero-order valence-electron chi connectivity index (χ0n) is 15.8. The Morgan fingerprint density at radius 3 is 2.68 bits per heavy atom. The average molecular weight is 404 g/mol. The van der Waals surface area contributed by atoms with Gasteiger partial charge in [0.1, 0.15) is 0 Å². The molecule has 3 N–H and O–H groups in total. The molecule has 2 aromatic carbocycles. The van der Waals surface area contributed by atoms with Crippen molar-refractivity contribution in [1.29, 1.82) is 0 Å². The molecular weight excluding hydrogens is 378 g/mol. The van der Waals surface area contributed by atoms with Crippen molar-refractivity contribution in [1.82, 2.24) is 10.6 Å². The van der Waals surface area contributed by atoms with E-state index in [-0.39, 0.29) is 36.3 Å². The van der Waals surface area contributed by atoms with Crippen LogP contribution in [0.3, 0.4) is 0 Å². The molecule has 1 saturated heterocycles. The third-order valence-corrected chi connectivity index (χ3v) is 4.49. The Kier molecular flexibility index (Phi) is 8.44. The number of nitrogens with one attached hydrogen (secondary N) is 3. The second-order valence-electron chi connectivity index (χ2n) is 6.66. The van der Waals surface area contributed by atoms with Gasteiger partial charge in [0.25, 0.3) is 5.91 Å². The molecular formula is C21H26ClN3O3. The minimum Gasteiger partial charge on any atom is -0.378 e. The number of morpholine rings is 1. The Balaban J connectivity index is 0.00000280. The molecule has 0 aliphatic carbocycles. The van der Waals surface area contributed by atoms with Crippen LogP contribution in [0.2, 0.25) is 0 Å². The van der Waals surface area contributed by atoms with Crippen molar-refractivity contribution in [2.24, 2.45) is 0 Å². The molecule has 0 aromatic heterocycles. The Morgan fingerprint density at radius 1 is 1.18 bits per heavy atom. The number of hydrogen-bond donors (Lipinski definition) is 3. The Morgan fingerprint density at radius 2 is 1.96 bits per heavy atom. The third-order valence-electron chi connectivity index (χ3n) is 4.49. The van der Waals surface area contributed by atoms with E-state index in [1.165, 1.54) is 0 Å². The summed E-state index contributed by atoms with van der Waals surface area (Å²) in [7, 11) is 0.